The Labute approximate surface area is 130 Å². The van der Waals surface area contributed by atoms with Gasteiger partial charge in [0.25, 0.3) is 5.88 Å². The molecule has 0 atom stereocenters. The van der Waals surface area contributed by atoms with Crippen LogP contribution in [-0.4, -0.2) is 21.6 Å². The van der Waals surface area contributed by atoms with Crippen molar-refractivity contribution in [3.63, 3.8) is 0 Å². The Hall–Kier alpha value is -2.95. The third-order valence-corrected chi connectivity index (χ3v) is 2.98. The van der Waals surface area contributed by atoms with E-state index in [-0.39, 0.29) is 6.15 Å². The Kier molecular flexibility index (Phi) is 5.43. The molecule has 0 spiro atoms. The van der Waals surface area contributed by atoms with Crippen molar-refractivity contribution in [3.8, 4) is 22.8 Å². The van der Waals surface area contributed by atoms with Crippen molar-refractivity contribution in [1.82, 2.24) is 15.4 Å². The molecule has 0 fully saturated rings. The maximum Gasteiger partial charge on any atom is 0.373 e. The van der Waals surface area contributed by atoms with Crippen LogP contribution in [0.3, 0.4) is 0 Å². The second-order valence-electron chi connectivity index (χ2n) is 4.00. The van der Waals surface area contributed by atoms with Gasteiger partial charge in [0, 0.05) is 10.6 Å². The van der Waals surface area contributed by atoms with E-state index < -0.39 is 0 Å². The Morgan fingerprint density at radius 2 is 1.73 bits per heavy atom. The molecular weight excluding hydrogens is 306 g/mol. The molecule has 0 saturated heterocycles. The van der Waals surface area contributed by atoms with Gasteiger partial charge in [-0.15, -0.1) is 5.10 Å². The second kappa shape index (κ2) is 7.73. The van der Waals surface area contributed by atoms with Crippen LogP contribution in [0.1, 0.15) is 0 Å². The molecule has 3 aromatic rings. The Morgan fingerprint density at radius 1 is 1.05 bits per heavy atom. The van der Waals surface area contributed by atoms with E-state index in [4.69, 9.17) is 25.9 Å². The summed E-state index contributed by atoms with van der Waals surface area (Å²) in [6.45, 7) is 0. The SMILES string of the molecule is Clc1ccccc1-c1ccc(Oc2cn[nH]n2)cc1.O=C=O. The molecule has 2 aromatic carbocycles. The van der Waals surface area contributed by atoms with Crippen LogP contribution < -0.4 is 4.74 Å². The first-order valence-electron chi connectivity index (χ1n) is 6.12. The number of ether oxygens (including phenoxy) is 1. The number of nitrogens with one attached hydrogen (secondary N) is 1. The molecular formula is C15H10ClN3O3. The van der Waals surface area contributed by atoms with Crippen LogP contribution in [0.15, 0.2) is 54.7 Å². The molecule has 22 heavy (non-hydrogen) atoms. The van der Waals surface area contributed by atoms with Crippen molar-refractivity contribution >= 4 is 17.8 Å². The van der Waals surface area contributed by atoms with Crippen LogP contribution in [0.4, 0.5) is 0 Å². The average molecular weight is 316 g/mol. The van der Waals surface area contributed by atoms with Gasteiger partial charge >= 0.3 is 6.15 Å². The van der Waals surface area contributed by atoms with E-state index in [1.807, 2.05) is 48.5 Å². The number of H-pyrrole nitrogens is 1. The largest absolute Gasteiger partial charge is 0.436 e. The number of carbonyl (C=O) groups excluding carboxylic acids is 2. The first-order valence-corrected chi connectivity index (χ1v) is 6.50. The lowest BCUT2D eigenvalue weighted by molar-refractivity contribution is -0.191. The summed E-state index contributed by atoms with van der Waals surface area (Å²) in [6, 6.07) is 15.4. The van der Waals surface area contributed by atoms with Crippen molar-refractivity contribution in [1.29, 1.82) is 0 Å². The number of halogens is 1. The van der Waals surface area contributed by atoms with E-state index in [9.17, 15) is 0 Å². The molecule has 1 aromatic heterocycles. The fourth-order valence-corrected chi connectivity index (χ4v) is 2.00. The third kappa shape index (κ3) is 4.02. The zero-order chi connectivity index (χ0) is 15.8. The maximum absolute atomic E-state index is 8.12. The highest BCUT2D eigenvalue weighted by atomic mass is 35.5. The van der Waals surface area contributed by atoms with Crippen molar-refractivity contribution < 1.29 is 14.3 Å². The van der Waals surface area contributed by atoms with Gasteiger partial charge in [-0.2, -0.15) is 19.9 Å². The van der Waals surface area contributed by atoms with E-state index in [0.717, 1.165) is 16.1 Å². The molecule has 0 saturated carbocycles. The maximum atomic E-state index is 8.12. The molecule has 0 aliphatic carbocycles. The monoisotopic (exact) mass is 315 g/mol. The second-order valence-corrected chi connectivity index (χ2v) is 4.41. The van der Waals surface area contributed by atoms with Gasteiger partial charge in [-0.25, -0.2) is 0 Å². The molecule has 110 valence electrons. The van der Waals surface area contributed by atoms with Crippen LogP contribution in [0.25, 0.3) is 11.1 Å². The van der Waals surface area contributed by atoms with E-state index >= 15 is 0 Å². The summed E-state index contributed by atoms with van der Waals surface area (Å²) in [4.78, 5) is 16.2. The molecule has 0 unspecified atom stereocenters. The molecule has 6 nitrogen and oxygen atoms in total. The van der Waals surface area contributed by atoms with Gasteiger partial charge in [-0.1, -0.05) is 41.9 Å². The number of rotatable bonds is 3. The zero-order valence-corrected chi connectivity index (χ0v) is 11.9. The summed E-state index contributed by atoms with van der Waals surface area (Å²) < 4.78 is 5.50. The fraction of sp³-hybridized carbons (Fsp3) is 0. The predicted molar refractivity (Wildman–Crippen MR) is 78.4 cm³/mol. The smallest absolute Gasteiger partial charge is 0.373 e. The lowest BCUT2D eigenvalue weighted by Crippen LogP contribution is -1.85. The summed E-state index contributed by atoms with van der Waals surface area (Å²) in [6.07, 6.45) is 1.77. The van der Waals surface area contributed by atoms with Gasteiger partial charge in [0.1, 0.15) is 11.9 Å². The quantitative estimate of drug-likeness (QED) is 0.801. The molecule has 0 aliphatic rings. The predicted octanol–water partition coefficient (Wildman–Crippen LogP) is 3.33. The molecule has 0 radical (unpaired) electrons. The fourth-order valence-electron chi connectivity index (χ4n) is 1.76. The summed E-state index contributed by atoms with van der Waals surface area (Å²) in [7, 11) is 0. The van der Waals surface area contributed by atoms with Crippen LogP contribution >= 0.6 is 11.6 Å². The molecule has 0 aliphatic heterocycles. The molecule has 3 rings (SSSR count). The minimum Gasteiger partial charge on any atom is -0.436 e. The summed E-state index contributed by atoms with van der Waals surface area (Å²) in [5, 5.41) is 10.7. The normalized spacial score (nSPS) is 9.32. The number of nitrogens with zero attached hydrogens (tertiary/aromatic N) is 2. The summed E-state index contributed by atoms with van der Waals surface area (Å²) >= 11 is 6.16. The Morgan fingerprint density at radius 3 is 2.32 bits per heavy atom. The molecule has 1 heterocycles. The van der Waals surface area contributed by atoms with Crippen molar-refractivity contribution in [2.45, 2.75) is 0 Å². The van der Waals surface area contributed by atoms with Gasteiger partial charge in [0.15, 0.2) is 0 Å². The van der Waals surface area contributed by atoms with E-state index in [2.05, 4.69) is 15.4 Å². The highest BCUT2D eigenvalue weighted by Crippen LogP contribution is 2.29. The van der Waals surface area contributed by atoms with Crippen molar-refractivity contribution in [2.75, 3.05) is 0 Å². The zero-order valence-electron chi connectivity index (χ0n) is 11.2. The first-order chi connectivity index (χ1) is 10.7. The first kappa shape index (κ1) is 15.4. The molecule has 0 bridgehead atoms. The van der Waals surface area contributed by atoms with Crippen LogP contribution in [0.5, 0.6) is 11.6 Å². The standard InChI is InChI=1S/C14H10ClN3O.CO2/c15-13-4-2-1-3-12(13)10-5-7-11(8-6-10)19-14-9-16-18-17-14;2-1-3/h1-9H,(H,16,17,18);. The Bertz CT molecular complexity index is 752. The number of aromatic amines is 1. The van der Waals surface area contributed by atoms with Crippen molar-refractivity contribution in [3.05, 3.63) is 59.8 Å². The van der Waals surface area contributed by atoms with Gasteiger partial charge in [-0.05, 0) is 23.8 Å². The van der Waals surface area contributed by atoms with Crippen LogP contribution in [0.2, 0.25) is 5.02 Å². The van der Waals surface area contributed by atoms with E-state index in [0.29, 0.717) is 11.6 Å². The van der Waals surface area contributed by atoms with Gasteiger partial charge in [0.2, 0.25) is 0 Å². The van der Waals surface area contributed by atoms with Crippen LogP contribution in [-0.2, 0) is 9.59 Å². The topological polar surface area (TPSA) is 84.9 Å². The lowest BCUT2D eigenvalue weighted by Gasteiger charge is -2.06. The number of aromatic nitrogens is 3. The number of hydrogen-bond donors (Lipinski definition) is 1. The van der Waals surface area contributed by atoms with Gasteiger partial charge in [-0.3, -0.25) is 0 Å². The summed E-state index contributed by atoms with van der Waals surface area (Å²) in [5.74, 6) is 1.13. The molecule has 1 N–H and O–H groups in total. The minimum absolute atomic E-state index is 0.250. The highest BCUT2D eigenvalue weighted by Gasteiger charge is 2.04. The summed E-state index contributed by atoms with van der Waals surface area (Å²) in [5.41, 5.74) is 2.04. The average Bonchev–Trinajstić information content (AvgIpc) is 3.03. The van der Waals surface area contributed by atoms with E-state index in [1.165, 1.54) is 6.20 Å². The van der Waals surface area contributed by atoms with Crippen LogP contribution in [0, 0.1) is 0 Å². The minimum atomic E-state index is 0.250. The van der Waals surface area contributed by atoms with Gasteiger partial charge in [0.05, 0.1) is 0 Å². The third-order valence-electron chi connectivity index (χ3n) is 2.65. The number of benzene rings is 2. The molecule has 7 heteroatoms. The van der Waals surface area contributed by atoms with Gasteiger partial charge < -0.3 is 4.74 Å². The highest BCUT2D eigenvalue weighted by molar-refractivity contribution is 6.33. The molecule has 0 amide bonds. The van der Waals surface area contributed by atoms with E-state index in [1.54, 1.807) is 0 Å². The van der Waals surface area contributed by atoms with Crippen molar-refractivity contribution in [2.24, 2.45) is 0 Å². The Balaban J connectivity index is 0.000000545. The lowest BCUT2D eigenvalue weighted by atomic mass is 10.1. The number of hydrogen-bond acceptors (Lipinski definition) is 5.